The number of nitrogens with one attached hydrogen (secondary N) is 2. The van der Waals surface area contributed by atoms with E-state index in [1.165, 1.54) is 0 Å². The Morgan fingerprint density at radius 2 is 1.94 bits per heavy atom. The zero-order valence-corrected chi connectivity index (χ0v) is 20.0. The number of aromatic amines is 2. The van der Waals surface area contributed by atoms with Gasteiger partial charge in [-0.2, -0.15) is 10.1 Å². The van der Waals surface area contributed by atoms with Gasteiger partial charge >= 0.3 is 0 Å². The smallest absolute Gasteiger partial charge is 0.199 e. The molecule has 8 nitrogen and oxygen atoms in total. The maximum Gasteiger partial charge on any atom is 0.199 e. The van der Waals surface area contributed by atoms with Crippen molar-refractivity contribution in [3.63, 3.8) is 0 Å². The molecule has 10 heteroatoms. The Morgan fingerprint density at radius 3 is 2.69 bits per heavy atom. The number of hydrogen-bond donors (Lipinski definition) is 2. The highest BCUT2D eigenvalue weighted by Gasteiger charge is 2.24. The molecule has 3 aromatic rings. The standard InChI is InChI=1S/C25H28F2N6O2/c1-14-4-5-17(33-6-8-34-9-7-33)12-21(29-22-11-16(3)31-32-22)30-25(14)35-20-13-19(26)24-18(23(20)27)10-15(2)28-24/h10-14,28H,4-9H2,1-3H3,(H,31,32)/b17-12+,29-21?,30-25?. The zero-order valence-electron chi connectivity index (χ0n) is 20.0. The lowest BCUT2D eigenvalue weighted by atomic mass is 10.0. The largest absolute Gasteiger partial charge is 0.439 e. The lowest BCUT2D eigenvalue weighted by Crippen LogP contribution is -2.36. The number of morpholine rings is 1. The summed E-state index contributed by atoms with van der Waals surface area (Å²) >= 11 is 0. The molecule has 0 amide bonds. The van der Waals surface area contributed by atoms with Crippen molar-refractivity contribution in [1.82, 2.24) is 20.1 Å². The van der Waals surface area contributed by atoms with Crippen LogP contribution in [0.5, 0.6) is 5.75 Å². The maximum absolute atomic E-state index is 15.2. The summed E-state index contributed by atoms with van der Waals surface area (Å²) in [6, 6.07) is 4.43. The van der Waals surface area contributed by atoms with Gasteiger partial charge in [0.1, 0.15) is 0 Å². The molecule has 0 aliphatic carbocycles. The summed E-state index contributed by atoms with van der Waals surface area (Å²) < 4.78 is 41.4. The first-order valence-corrected chi connectivity index (χ1v) is 11.7. The lowest BCUT2D eigenvalue weighted by molar-refractivity contribution is 0.0518. The molecule has 1 aromatic carbocycles. The number of halogens is 2. The van der Waals surface area contributed by atoms with Crippen LogP contribution in [0.4, 0.5) is 14.6 Å². The molecule has 1 saturated heterocycles. The quantitative estimate of drug-likeness (QED) is 0.553. The summed E-state index contributed by atoms with van der Waals surface area (Å²) in [6.45, 7) is 8.52. The van der Waals surface area contributed by atoms with Gasteiger partial charge in [-0.15, -0.1) is 0 Å². The molecule has 184 valence electrons. The molecule has 2 N–H and O–H groups in total. The number of nitrogens with zero attached hydrogens (tertiary/aromatic N) is 4. The number of benzene rings is 1. The van der Waals surface area contributed by atoms with Crippen molar-refractivity contribution in [3.8, 4) is 5.75 Å². The second-order valence-electron chi connectivity index (χ2n) is 9.02. The van der Waals surface area contributed by atoms with E-state index in [1.54, 1.807) is 13.0 Å². The van der Waals surface area contributed by atoms with Crippen molar-refractivity contribution in [3.05, 3.63) is 53.0 Å². The number of allylic oxidation sites excluding steroid dienone is 1. The molecule has 5 rings (SSSR count). The Balaban J connectivity index is 1.55. The number of aryl methyl sites for hydroxylation is 2. The predicted octanol–water partition coefficient (Wildman–Crippen LogP) is 4.94. The molecular weight excluding hydrogens is 454 g/mol. The highest BCUT2D eigenvalue weighted by Crippen LogP contribution is 2.31. The van der Waals surface area contributed by atoms with Gasteiger partial charge < -0.3 is 19.4 Å². The minimum absolute atomic E-state index is 0.120. The van der Waals surface area contributed by atoms with E-state index >= 15 is 4.39 Å². The van der Waals surface area contributed by atoms with Crippen molar-refractivity contribution in [2.75, 3.05) is 26.3 Å². The second-order valence-corrected chi connectivity index (χ2v) is 9.02. The zero-order chi connectivity index (χ0) is 24.5. The van der Waals surface area contributed by atoms with Crippen LogP contribution in [0.25, 0.3) is 10.9 Å². The van der Waals surface area contributed by atoms with Crippen LogP contribution in [0.3, 0.4) is 0 Å². The van der Waals surface area contributed by atoms with E-state index in [0.29, 0.717) is 30.6 Å². The van der Waals surface area contributed by atoms with Crippen LogP contribution in [0.15, 0.2) is 40.0 Å². The Labute approximate surface area is 201 Å². The van der Waals surface area contributed by atoms with Crippen LogP contribution < -0.4 is 4.74 Å². The van der Waals surface area contributed by atoms with Gasteiger partial charge in [0.05, 0.1) is 18.7 Å². The van der Waals surface area contributed by atoms with Crippen molar-refractivity contribution >= 4 is 28.5 Å². The SMILES string of the molecule is Cc1cc(N=C2/C=C(/N3CCOCC3)CCC(C)C(Oc3cc(F)c4[nH]c(C)cc4c3F)=N2)n[nH]1. The Kier molecular flexibility index (Phi) is 6.38. The third-order valence-corrected chi connectivity index (χ3v) is 6.23. The van der Waals surface area contributed by atoms with Crippen LogP contribution in [-0.2, 0) is 4.74 Å². The van der Waals surface area contributed by atoms with Gasteiger partial charge in [-0.3, -0.25) is 5.10 Å². The first-order valence-electron chi connectivity index (χ1n) is 11.7. The second kappa shape index (κ2) is 9.61. The van der Waals surface area contributed by atoms with Crippen LogP contribution in [0.1, 0.15) is 31.2 Å². The first-order chi connectivity index (χ1) is 16.9. The van der Waals surface area contributed by atoms with Crippen LogP contribution >= 0.6 is 0 Å². The number of aliphatic imine (C=N–C) groups is 2. The molecule has 35 heavy (non-hydrogen) atoms. The summed E-state index contributed by atoms with van der Waals surface area (Å²) in [4.78, 5) is 14.4. The summed E-state index contributed by atoms with van der Waals surface area (Å²) in [5.41, 5.74) is 2.76. The number of fused-ring (bicyclic) bond motifs is 1. The summed E-state index contributed by atoms with van der Waals surface area (Å²) in [5.74, 6) is -0.429. The summed E-state index contributed by atoms with van der Waals surface area (Å²) in [5, 5.41) is 7.21. The number of hydrogen-bond acceptors (Lipinski definition) is 5. The van der Waals surface area contributed by atoms with E-state index in [1.807, 2.05) is 26.0 Å². The predicted molar refractivity (Wildman–Crippen MR) is 130 cm³/mol. The Hall–Kier alpha value is -3.53. The van der Waals surface area contributed by atoms with Crippen molar-refractivity contribution in [2.24, 2.45) is 15.9 Å². The van der Waals surface area contributed by atoms with Crippen molar-refractivity contribution < 1.29 is 18.3 Å². The first kappa shape index (κ1) is 23.2. The van der Waals surface area contributed by atoms with E-state index in [4.69, 9.17) is 9.47 Å². The average Bonchev–Trinajstić information content (AvgIpc) is 3.44. The third-order valence-electron chi connectivity index (χ3n) is 6.23. The normalized spacial score (nSPS) is 22.0. The van der Waals surface area contributed by atoms with Gasteiger partial charge in [0.2, 0.25) is 0 Å². The third kappa shape index (κ3) is 4.97. The molecule has 0 bridgehead atoms. The number of amidine groups is 1. The molecule has 2 aromatic heterocycles. The van der Waals surface area contributed by atoms with Crippen molar-refractivity contribution in [2.45, 2.75) is 33.6 Å². The fourth-order valence-corrected chi connectivity index (χ4v) is 4.34. The summed E-state index contributed by atoms with van der Waals surface area (Å²) in [6.07, 6.45) is 3.40. The number of H-pyrrole nitrogens is 2. The van der Waals surface area contributed by atoms with E-state index < -0.39 is 11.6 Å². The molecule has 1 fully saturated rings. The molecule has 0 saturated carbocycles. The molecule has 0 radical (unpaired) electrons. The van der Waals surface area contributed by atoms with Crippen LogP contribution in [-0.4, -0.2) is 58.1 Å². The highest BCUT2D eigenvalue weighted by atomic mass is 19.1. The minimum Gasteiger partial charge on any atom is -0.439 e. The molecule has 1 atom stereocenters. The number of ether oxygens (including phenoxy) is 2. The average molecular weight is 483 g/mol. The fourth-order valence-electron chi connectivity index (χ4n) is 4.34. The monoisotopic (exact) mass is 482 g/mol. The number of aromatic nitrogens is 3. The van der Waals surface area contributed by atoms with Gasteiger partial charge in [0, 0.05) is 59.7 Å². The Bertz CT molecular complexity index is 1330. The fraction of sp³-hybridized carbons (Fsp3) is 0.400. The molecule has 1 unspecified atom stereocenters. The van der Waals surface area contributed by atoms with Gasteiger partial charge in [0.25, 0.3) is 0 Å². The van der Waals surface area contributed by atoms with Crippen LogP contribution in [0, 0.1) is 31.4 Å². The highest BCUT2D eigenvalue weighted by molar-refractivity contribution is 6.04. The lowest BCUT2D eigenvalue weighted by Gasteiger charge is -2.32. The van der Waals surface area contributed by atoms with Gasteiger partial charge in [-0.25, -0.2) is 13.8 Å². The van der Waals surface area contributed by atoms with Crippen LogP contribution in [0.2, 0.25) is 0 Å². The molecular formula is C25H28F2N6O2. The van der Waals surface area contributed by atoms with E-state index in [2.05, 4.69) is 30.1 Å². The summed E-state index contributed by atoms with van der Waals surface area (Å²) in [7, 11) is 0. The maximum atomic E-state index is 15.2. The van der Waals surface area contributed by atoms with Gasteiger partial charge in [-0.05, 0) is 32.8 Å². The van der Waals surface area contributed by atoms with Crippen molar-refractivity contribution in [1.29, 1.82) is 0 Å². The minimum atomic E-state index is -0.631. The van der Waals surface area contributed by atoms with Gasteiger partial charge in [0.15, 0.2) is 34.9 Å². The molecule has 0 spiro atoms. The molecule has 2 aliphatic rings. The molecule has 2 aliphatic heterocycles. The van der Waals surface area contributed by atoms with E-state index in [9.17, 15) is 4.39 Å². The Morgan fingerprint density at radius 1 is 1.14 bits per heavy atom. The van der Waals surface area contributed by atoms with E-state index in [-0.39, 0.29) is 28.5 Å². The van der Waals surface area contributed by atoms with E-state index in [0.717, 1.165) is 43.4 Å². The molecule has 4 heterocycles. The topological polar surface area (TPSA) is 90.9 Å². The number of rotatable bonds is 3. The van der Waals surface area contributed by atoms with Gasteiger partial charge in [-0.1, -0.05) is 6.92 Å².